The molecule has 2 N–H and O–H groups in total. The predicted octanol–water partition coefficient (Wildman–Crippen LogP) is 1.11. The van der Waals surface area contributed by atoms with Gasteiger partial charge in [-0.05, 0) is 12.3 Å². The maximum atomic E-state index is 11.1. The van der Waals surface area contributed by atoms with Crippen molar-refractivity contribution >= 4 is 17.7 Å². The van der Waals surface area contributed by atoms with E-state index >= 15 is 0 Å². The van der Waals surface area contributed by atoms with Crippen LogP contribution >= 0.6 is 0 Å². The number of carbonyl (C=O) groups is 2. The topological polar surface area (TPSA) is 96.2 Å². The van der Waals surface area contributed by atoms with Crippen LogP contribution in [0.1, 0.15) is 33.1 Å². The van der Waals surface area contributed by atoms with Crippen LogP contribution in [0, 0.1) is 5.92 Å². The van der Waals surface area contributed by atoms with Crippen molar-refractivity contribution in [3.05, 3.63) is 0 Å². The average Bonchev–Trinajstić information content (AvgIpc) is 2.61. The van der Waals surface area contributed by atoms with Crippen LogP contribution in [0.25, 0.3) is 0 Å². The summed E-state index contributed by atoms with van der Waals surface area (Å²) < 4.78 is 0. The molecule has 0 aromatic carbocycles. The third kappa shape index (κ3) is 2.32. The molecule has 16 heavy (non-hydrogen) atoms. The van der Waals surface area contributed by atoms with E-state index in [1.54, 1.807) is 0 Å². The van der Waals surface area contributed by atoms with Gasteiger partial charge in [0.1, 0.15) is 0 Å². The molecule has 1 aliphatic rings. The second kappa shape index (κ2) is 4.51. The minimum absolute atomic E-state index is 0.0453. The van der Waals surface area contributed by atoms with E-state index in [1.807, 2.05) is 13.8 Å². The summed E-state index contributed by atoms with van der Waals surface area (Å²) in [4.78, 5) is 26.5. The van der Waals surface area contributed by atoms with E-state index in [2.05, 4.69) is 5.16 Å². The van der Waals surface area contributed by atoms with E-state index in [4.69, 9.17) is 15.1 Å². The van der Waals surface area contributed by atoms with Crippen LogP contribution in [-0.2, 0) is 14.4 Å². The number of aliphatic carboxylic acids is 2. The Balaban J connectivity index is 2.80. The van der Waals surface area contributed by atoms with Crippen LogP contribution in [0.15, 0.2) is 5.16 Å². The zero-order valence-electron chi connectivity index (χ0n) is 9.27. The van der Waals surface area contributed by atoms with E-state index in [1.165, 1.54) is 0 Å². The van der Waals surface area contributed by atoms with Gasteiger partial charge in [-0.15, -0.1) is 0 Å². The van der Waals surface area contributed by atoms with Gasteiger partial charge >= 0.3 is 11.9 Å². The summed E-state index contributed by atoms with van der Waals surface area (Å²) in [5.41, 5.74) is -1.10. The Labute approximate surface area is 92.9 Å². The Morgan fingerprint density at radius 3 is 2.62 bits per heavy atom. The van der Waals surface area contributed by atoms with Crippen LogP contribution in [0.5, 0.6) is 0 Å². The molecule has 0 spiro atoms. The first-order valence-corrected chi connectivity index (χ1v) is 5.11. The molecule has 1 aliphatic heterocycles. The number of hydrogen-bond donors (Lipinski definition) is 2. The maximum absolute atomic E-state index is 11.1. The zero-order chi connectivity index (χ0) is 12.3. The summed E-state index contributed by atoms with van der Waals surface area (Å²) >= 11 is 0. The number of hydrogen-bond acceptors (Lipinski definition) is 4. The molecule has 0 saturated carbocycles. The summed E-state index contributed by atoms with van der Waals surface area (Å²) in [6.07, 6.45) is 0.278. The van der Waals surface area contributed by atoms with Crippen molar-refractivity contribution in [2.45, 2.75) is 38.7 Å². The van der Waals surface area contributed by atoms with E-state index in [0.717, 1.165) is 6.42 Å². The first-order chi connectivity index (χ1) is 7.41. The molecule has 6 nitrogen and oxygen atoms in total. The molecule has 1 rings (SSSR count). The van der Waals surface area contributed by atoms with Gasteiger partial charge in [0.25, 0.3) is 0 Å². The standard InChI is InChI=1S/C10H15NO5/c1-3-6(2)7-4-10(9(14)15,16-11-7)5-8(12)13/h6H,3-5H2,1-2H3,(H,12,13)(H,14,15). The predicted molar refractivity (Wildman–Crippen MR) is 55.2 cm³/mol. The molecule has 90 valence electrons. The van der Waals surface area contributed by atoms with E-state index in [0.29, 0.717) is 5.71 Å². The summed E-state index contributed by atoms with van der Waals surface area (Å²) in [5.74, 6) is -2.38. The van der Waals surface area contributed by atoms with Gasteiger partial charge in [0, 0.05) is 6.42 Å². The molecule has 0 aromatic rings. The van der Waals surface area contributed by atoms with Crippen LogP contribution in [0.3, 0.4) is 0 Å². The lowest BCUT2D eigenvalue weighted by atomic mass is 9.88. The lowest BCUT2D eigenvalue weighted by Crippen LogP contribution is -2.41. The monoisotopic (exact) mass is 229 g/mol. The van der Waals surface area contributed by atoms with Gasteiger partial charge < -0.3 is 15.1 Å². The van der Waals surface area contributed by atoms with Crippen LogP contribution in [-0.4, -0.2) is 33.5 Å². The third-order valence-electron chi connectivity index (χ3n) is 2.81. The van der Waals surface area contributed by atoms with Gasteiger partial charge in [-0.25, -0.2) is 4.79 Å². The Morgan fingerprint density at radius 2 is 2.19 bits per heavy atom. The third-order valence-corrected chi connectivity index (χ3v) is 2.81. The van der Waals surface area contributed by atoms with Crippen molar-refractivity contribution in [2.24, 2.45) is 11.1 Å². The molecular weight excluding hydrogens is 214 g/mol. The summed E-state index contributed by atoms with van der Waals surface area (Å²) in [6, 6.07) is 0. The molecule has 2 atom stereocenters. The Kier molecular flexibility index (Phi) is 3.51. The van der Waals surface area contributed by atoms with Crippen molar-refractivity contribution in [3.63, 3.8) is 0 Å². The first kappa shape index (κ1) is 12.5. The fraction of sp³-hybridized carbons (Fsp3) is 0.700. The first-order valence-electron chi connectivity index (χ1n) is 5.11. The molecule has 0 fully saturated rings. The van der Waals surface area contributed by atoms with E-state index < -0.39 is 24.0 Å². The second-order valence-corrected chi connectivity index (χ2v) is 4.03. The highest BCUT2D eigenvalue weighted by atomic mass is 16.7. The quantitative estimate of drug-likeness (QED) is 0.736. The minimum Gasteiger partial charge on any atom is -0.481 e. The van der Waals surface area contributed by atoms with Crippen molar-refractivity contribution in [1.29, 1.82) is 0 Å². The molecule has 2 unspecified atom stereocenters. The number of oxime groups is 1. The fourth-order valence-corrected chi connectivity index (χ4v) is 1.53. The summed E-state index contributed by atoms with van der Waals surface area (Å²) in [6.45, 7) is 3.85. The highest BCUT2D eigenvalue weighted by molar-refractivity contribution is 5.96. The van der Waals surface area contributed by atoms with Gasteiger partial charge in [0.15, 0.2) is 0 Å². The molecule has 6 heteroatoms. The summed E-state index contributed by atoms with van der Waals surface area (Å²) in [5, 5.41) is 21.4. The molecule has 0 saturated heterocycles. The van der Waals surface area contributed by atoms with Crippen molar-refractivity contribution in [3.8, 4) is 0 Å². The van der Waals surface area contributed by atoms with Gasteiger partial charge in [-0.3, -0.25) is 4.79 Å². The Morgan fingerprint density at radius 1 is 1.56 bits per heavy atom. The van der Waals surface area contributed by atoms with E-state index in [-0.39, 0.29) is 12.3 Å². The fourth-order valence-electron chi connectivity index (χ4n) is 1.53. The number of carboxylic acid groups (broad SMARTS) is 2. The Hall–Kier alpha value is -1.59. The van der Waals surface area contributed by atoms with Gasteiger partial charge in [0.05, 0.1) is 12.1 Å². The summed E-state index contributed by atoms with van der Waals surface area (Å²) in [7, 11) is 0. The van der Waals surface area contributed by atoms with Crippen LogP contribution in [0.4, 0.5) is 0 Å². The molecule has 0 amide bonds. The number of rotatable bonds is 5. The van der Waals surface area contributed by atoms with Crippen LogP contribution < -0.4 is 0 Å². The molecule has 0 bridgehead atoms. The lowest BCUT2D eigenvalue weighted by molar-refractivity contribution is -0.169. The molecule has 0 aromatic heterocycles. The highest BCUT2D eigenvalue weighted by Crippen LogP contribution is 2.31. The normalized spacial score (nSPS) is 25.8. The molecule has 0 radical (unpaired) electrons. The number of nitrogens with zero attached hydrogens (tertiary/aromatic N) is 1. The highest BCUT2D eigenvalue weighted by Gasteiger charge is 2.49. The molecule has 0 aliphatic carbocycles. The molecular formula is C10H15NO5. The SMILES string of the molecule is CCC(C)C1=NOC(CC(=O)O)(C(=O)O)C1. The zero-order valence-corrected chi connectivity index (χ0v) is 9.27. The minimum atomic E-state index is -1.72. The van der Waals surface area contributed by atoms with E-state index in [9.17, 15) is 9.59 Å². The van der Waals surface area contributed by atoms with Gasteiger partial charge in [-0.1, -0.05) is 19.0 Å². The van der Waals surface area contributed by atoms with Crippen molar-refractivity contribution in [1.82, 2.24) is 0 Å². The smallest absolute Gasteiger partial charge is 0.351 e. The largest absolute Gasteiger partial charge is 0.481 e. The lowest BCUT2D eigenvalue weighted by Gasteiger charge is -2.19. The maximum Gasteiger partial charge on any atom is 0.351 e. The average molecular weight is 229 g/mol. The Bertz CT molecular complexity index is 338. The van der Waals surface area contributed by atoms with Crippen LogP contribution in [0.2, 0.25) is 0 Å². The number of carboxylic acids is 2. The molecule has 1 heterocycles. The van der Waals surface area contributed by atoms with Crippen molar-refractivity contribution < 1.29 is 24.6 Å². The van der Waals surface area contributed by atoms with Crippen molar-refractivity contribution in [2.75, 3.05) is 0 Å². The second-order valence-electron chi connectivity index (χ2n) is 4.03. The van der Waals surface area contributed by atoms with Gasteiger partial charge in [0.2, 0.25) is 5.60 Å². The van der Waals surface area contributed by atoms with Gasteiger partial charge in [-0.2, -0.15) is 0 Å².